The molecule has 5 heteroatoms. The van der Waals surface area contributed by atoms with E-state index in [0.717, 1.165) is 12.0 Å². The van der Waals surface area contributed by atoms with Gasteiger partial charge in [0.05, 0.1) is 16.6 Å². The Morgan fingerprint density at radius 3 is 2.39 bits per heavy atom. The Morgan fingerprint density at radius 1 is 1.33 bits per heavy atom. The first-order valence-corrected chi connectivity index (χ1v) is 7.63. The predicted octanol–water partition coefficient (Wildman–Crippen LogP) is 1.74. The minimum Gasteiger partial charge on any atom is -0.481 e. The lowest BCUT2D eigenvalue weighted by Crippen LogP contribution is -2.04. The van der Waals surface area contributed by atoms with Crippen molar-refractivity contribution < 1.29 is 18.3 Å². The van der Waals surface area contributed by atoms with Crippen LogP contribution in [-0.4, -0.2) is 25.2 Å². The fourth-order valence-corrected chi connectivity index (χ4v) is 2.96. The molecule has 1 N–H and O–H groups in total. The Labute approximate surface area is 107 Å². The average Bonchev–Trinajstić information content (AvgIpc) is 3.09. The normalized spacial score (nSPS) is 22.7. The van der Waals surface area contributed by atoms with Crippen molar-refractivity contribution in [1.29, 1.82) is 0 Å². The Hall–Kier alpha value is -1.36. The molecule has 0 aliphatic heterocycles. The molecule has 2 rings (SSSR count). The van der Waals surface area contributed by atoms with Crippen molar-refractivity contribution in [1.82, 2.24) is 0 Å². The van der Waals surface area contributed by atoms with Crippen LogP contribution in [0, 0.1) is 11.8 Å². The summed E-state index contributed by atoms with van der Waals surface area (Å²) in [4.78, 5) is 11.0. The van der Waals surface area contributed by atoms with Crippen LogP contribution in [-0.2, 0) is 21.1 Å². The summed E-state index contributed by atoms with van der Waals surface area (Å²) in [5, 5.41) is 8.81. The highest BCUT2D eigenvalue weighted by Gasteiger charge is 2.42. The lowest BCUT2D eigenvalue weighted by atomic mass is 10.1. The lowest BCUT2D eigenvalue weighted by Gasteiger charge is -2.03. The fraction of sp³-hybridized carbons (Fsp3) is 0.462. The van der Waals surface area contributed by atoms with Crippen LogP contribution in [0.2, 0.25) is 0 Å². The molecule has 98 valence electrons. The van der Waals surface area contributed by atoms with Gasteiger partial charge in [0, 0.05) is 0 Å². The summed E-state index contributed by atoms with van der Waals surface area (Å²) in [5.41, 5.74) is 0.999. The van der Waals surface area contributed by atoms with Gasteiger partial charge in [0.25, 0.3) is 0 Å². The number of sulfone groups is 1. The number of hydrogen-bond acceptors (Lipinski definition) is 3. The van der Waals surface area contributed by atoms with E-state index in [-0.39, 0.29) is 17.6 Å². The Balaban J connectivity index is 2.03. The van der Waals surface area contributed by atoms with Gasteiger partial charge < -0.3 is 5.11 Å². The van der Waals surface area contributed by atoms with Crippen LogP contribution in [0.25, 0.3) is 0 Å². The summed E-state index contributed by atoms with van der Waals surface area (Å²) in [6, 6.07) is 6.76. The molecular weight excluding hydrogens is 252 g/mol. The van der Waals surface area contributed by atoms with E-state index < -0.39 is 15.8 Å². The number of aliphatic carboxylic acids is 1. The maximum Gasteiger partial charge on any atom is 0.306 e. The van der Waals surface area contributed by atoms with E-state index >= 15 is 0 Å². The highest BCUT2D eigenvalue weighted by molar-refractivity contribution is 7.91. The second-order valence-corrected chi connectivity index (χ2v) is 6.97. The molecule has 0 bridgehead atoms. The molecule has 1 aromatic carbocycles. The van der Waals surface area contributed by atoms with Gasteiger partial charge >= 0.3 is 5.97 Å². The largest absolute Gasteiger partial charge is 0.481 e. The number of carbonyl (C=O) groups is 1. The van der Waals surface area contributed by atoms with Crippen LogP contribution >= 0.6 is 0 Å². The maximum absolute atomic E-state index is 11.6. The molecule has 4 nitrogen and oxygen atoms in total. The summed E-state index contributed by atoms with van der Waals surface area (Å²) in [5.74, 6) is -0.652. The standard InChI is InChI=1S/C13H16O4S/c1-2-18(16,17)11-5-3-9(4-6-11)7-10-8-12(10)13(14)15/h3-6,10,12H,2,7-8H2,1H3,(H,14,15). The van der Waals surface area contributed by atoms with Gasteiger partial charge in [-0.05, 0) is 36.5 Å². The molecule has 2 atom stereocenters. The number of hydrogen-bond donors (Lipinski definition) is 1. The molecule has 1 aromatic rings. The van der Waals surface area contributed by atoms with Crippen LogP contribution in [0.3, 0.4) is 0 Å². The second kappa shape index (κ2) is 4.72. The molecule has 0 heterocycles. The van der Waals surface area contributed by atoms with Gasteiger partial charge in [-0.1, -0.05) is 19.1 Å². The van der Waals surface area contributed by atoms with Crippen molar-refractivity contribution in [2.75, 3.05) is 5.75 Å². The van der Waals surface area contributed by atoms with Gasteiger partial charge in [0.2, 0.25) is 0 Å². The monoisotopic (exact) mass is 268 g/mol. The summed E-state index contributed by atoms with van der Waals surface area (Å²) in [6.45, 7) is 1.62. The van der Waals surface area contributed by atoms with Crippen molar-refractivity contribution in [2.45, 2.75) is 24.7 Å². The third-order valence-corrected chi connectivity index (χ3v) is 5.15. The van der Waals surface area contributed by atoms with Crippen molar-refractivity contribution in [2.24, 2.45) is 11.8 Å². The van der Waals surface area contributed by atoms with E-state index in [1.807, 2.05) is 0 Å². The number of carboxylic acid groups (broad SMARTS) is 1. The van der Waals surface area contributed by atoms with Crippen LogP contribution < -0.4 is 0 Å². The molecule has 1 aliphatic rings. The zero-order chi connectivity index (χ0) is 13.3. The van der Waals surface area contributed by atoms with E-state index in [1.165, 1.54) is 0 Å². The molecule has 0 saturated heterocycles. The molecule has 2 unspecified atom stereocenters. The first-order chi connectivity index (χ1) is 8.44. The maximum atomic E-state index is 11.6. The third kappa shape index (κ3) is 2.72. The Kier molecular flexibility index (Phi) is 3.43. The van der Waals surface area contributed by atoms with E-state index in [4.69, 9.17) is 5.11 Å². The first-order valence-electron chi connectivity index (χ1n) is 5.98. The SMILES string of the molecule is CCS(=O)(=O)c1ccc(CC2CC2C(=O)O)cc1. The number of rotatable bonds is 5. The summed E-state index contributed by atoms with van der Waals surface area (Å²) >= 11 is 0. The number of carboxylic acids is 1. The second-order valence-electron chi connectivity index (χ2n) is 4.69. The highest BCUT2D eigenvalue weighted by atomic mass is 32.2. The first kappa shape index (κ1) is 13.1. The van der Waals surface area contributed by atoms with E-state index in [2.05, 4.69) is 0 Å². The third-order valence-electron chi connectivity index (χ3n) is 3.40. The van der Waals surface area contributed by atoms with Crippen molar-refractivity contribution in [3.05, 3.63) is 29.8 Å². The zero-order valence-corrected chi connectivity index (χ0v) is 11.0. The summed E-state index contributed by atoms with van der Waals surface area (Å²) in [7, 11) is -3.15. The minimum atomic E-state index is -3.15. The van der Waals surface area contributed by atoms with Crippen LogP contribution in [0.4, 0.5) is 0 Å². The van der Waals surface area contributed by atoms with E-state index in [9.17, 15) is 13.2 Å². The molecule has 1 fully saturated rings. The molecule has 0 spiro atoms. The minimum absolute atomic E-state index is 0.0933. The van der Waals surface area contributed by atoms with Crippen LogP contribution in [0.15, 0.2) is 29.2 Å². The molecule has 1 aliphatic carbocycles. The van der Waals surface area contributed by atoms with Gasteiger partial charge in [-0.25, -0.2) is 8.42 Å². The van der Waals surface area contributed by atoms with Gasteiger partial charge in [-0.3, -0.25) is 4.79 Å². The van der Waals surface area contributed by atoms with Crippen molar-refractivity contribution in [3.8, 4) is 0 Å². The summed E-state index contributed by atoms with van der Waals surface area (Å²) < 4.78 is 23.2. The molecule has 1 saturated carbocycles. The molecule has 0 aromatic heterocycles. The Bertz CT molecular complexity index is 545. The molecular formula is C13H16O4S. The fourth-order valence-electron chi connectivity index (χ4n) is 2.08. The van der Waals surface area contributed by atoms with Crippen molar-refractivity contribution in [3.63, 3.8) is 0 Å². The molecule has 0 radical (unpaired) electrons. The zero-order valence-electron chi connectivity index (χ0n) is 10.2. The van der Waals surface area contributed by atoms with Gasteiger partial charge in [-0.2, -0.15) is 0 Å². The quantitative estimate of drug-likeness (QED) is 0.883. The lowest BCUT2D eigenvalue weighted by molar-refractivity contribution is -0.138. The average molecular weight is 268 g/mol. The predicted molar refractivity (Wildman–Crippen MR) is 67.1 cm³/mol. The smallest absolute Gasteiger partial charge is 0.306 e. The molecule has 0 amide bonds. The van der Waals surface area contributed by atoms with Crippen molar-refractivity contribution >= 4 is 15.8 Å². The van der Waals surface area contributed by atoms with E-state index in [0.29, 0.717) is 11.3 Å². The van der Waals surface area contributed by atoms with Crippen LogP contribution in [0.5, 0.6) is 0 Å². The van der Waals surface area contributed by atoms with Gasteiger partial charge in [0.15, 0.2) is 9.84 Å². The van der Waals surface area contributed by atoms with Crippen LogP contribution in [0.1, 0.15) is 18.9 Å². The summed E-state index contributed by atoms with van der Waals surface area (Å²) in [6.07, 6.45) is 1.44. The van der Waals surface area contributed by atoms with Gasteiger partial charge in [0.1, 0.15) is 0 Å². The Morgan fingerprint density at radius 2 is 1.94 bits per heavy atom. The van der Waals surface area contributed by atoms with E-state index in [1.54, 1.807) is 31.2 Å². The highest BCUT2D eigenvalue weighted by Crippen LogP contribution is 2.41. The van der Waals surface area contributed by atoms with Gasteiger partial charge in [-0.15, -0.1) is 0 Å². The number of benzene rings is 1. The molecule has 18 heavy (non-hydrogen) atoms. The topological polar surface area (TPSA) is 71.4 Å².